The van der Waals surface area contributed by atoms with Gasteiger partial charge in [0.2, 0.25) is 0 Å². The molecule has 0 aliphatic heterocycles. The minimum Gasteiger partial charge on any atom is -0.397 e. The summed E-state index contributed by atoms with van der Waals surface area (Å²) in [5.41, 5.74) is 7.81. The van der Waals surface area contributed by atoms with E-state index in [1.165, 1.54) is 38.5 Å². The van der Waals surface area contributed by atoms with Gasteiger partial charge in [-0.3, -0.25) is 0 Å². The van der Waals surface area contributed by atoms with E-state index in [0.29, 0.717) is 0 Å². The summed E-state index contributed by atoms with van der Waals surface area (Å²) >= 11 is 3.42. The maximum Gasteiger partial charge on any atom is 0.0574 e. The molecule has 0 saturated heterocycles. The predicted octanol–water partition coefficient (Wildman–Crippen LogP) is 4.41. The molecule has 1 aromatic carbocycles. The molecule has 0 atom stereocenters. The average Bonchev–Trinajstić information content (AvgIpc) is 2.79. The summed E-state index contributed by atoms with van der Waals surface area (Å²) in [6.45, 7) is 1.03. The SMILES string of the molecule is Nc1cc(Br)ccc1NCCCC1CCCC1. The van der Waals surface area contributed by atoms with Gasteiger partial charge in [0.05, 0.1) is 11.4 Å². The molecule has 1 aliphatic carbocycles. The number of nitrogens with two attached hydrogens (primary N) is 1. The number of halogens is 1. The van der Waals surface area contributed by atoms with Gasteiger partial charge in [-0.05, 0) is 37.0 Å². The highest BCUT2D eigenvalue weighted by atomic mass is 79.9. The van der Waals surface area contributed by atoms with E-state index < -0.39 is 0 Å². The Balaban J connectivity index is 1.70. The lowest BCUT2D eigenvalue weighted by molar-refractivity contribution is 0.491. The fourth-order valence-electron chi connectivity index (χ4n) is 2.61. The van der Waals surface area contributed by atoms with Gasteiger partial charge in [-0.2, -0.15) is 0 Å². The summed E-state index contributed by atoms with van der Waals surface area (Å²) in [5, 5.41) is 3.42. The van der Waals surface area contributed by atoms with Gasteiger partial charge in [-0.1, -0.05) is 41.6 Å². The smallest absolute Gasteiger partial charge is 0.0574 e. The second-order valence-electron chi connectivity index (χ2n) is 4.95. The Morgan fingerprint density at radius 1 is 1.29 bits per heavy atom. The van der Waals surface area contributed by atoms with E-state index in [1.807, 2.05) is 18.2 Å². The highest BCUT2D eigenvalue weighted by Gasteiger charge is 2.13. The molecule has 1 saturated carbocycles. The fraction of sp³-hybridized carbons (Fsp3) is 0.571. The molecule has 3 heteroatoms. The largest absolute Gasteiger partial charge is 0.397 e. The molecule has 17 heavy (non-hydrogen) atoms. The molecule has 0 spiro atoms. The molecule has 2 nitrogen and oxygen atoms in total. The zero-order valence-corrected chi connectivity index (χ0v) is 11.8. The van der Waals surface area contributed by atoms with E-state index in [-0.39, 0.29) is 0 Å². The lowest BCUT2D eigenvalue weighted by atomic mass is 10.0. The number of anilines is 2. The van der Waals surface area contributed by atoms with Crippen LogP contribution in [0, 0.1) is 5.92 Å². The Kier molecular flexibility index (Phi) is 4.72. The molecule has 0 unspecified atom stereocenters. The van der Waals surface area contributed by atoms with Crippen LogP contribution in [0.1, 0.15) is 38.5 Å². The summed E-state index contributed by atoms with van der Waals surface area (Å²) in [4.78, 5) is 0. The van der Waals surface area contributed by atoms with Crippen LogP contribution in [0.4, 0.5) is 11.4 Å². The van der Waals surface area contributed by atoms with Crippen molar-refractivity contribution in [3.63, 3.8) is 0 Å². The van der Waals surface area contributed by atoms with Crippen molar-refractivity contribution in [1.82, 2.24) is 0 Å². The molecule has 2 rings (SSSR count). The number of nitrogen functional groups attached to an aromatic ring is 1. The summed E-state index contributed by atoms with van der Waals surface area (Å²) in [5.74, 6) is 0.985. The molecule has 0 heterocycles. The number of benzene rings is 1. The van der Waals surface area contributed by atoms with E-state index in [2.05, 4.69) is 21.2 Å². The van der Waals surface area contributed by atoms with Crippen LogP contribution in [0.5, 0.6) is 0 Å². The first-order valence-electron chi connectivity index (χ1n) is 6.54. The van der Waals surface area contributed by atoms with Crippen molar-refractivity contribution in [2.75, 3.05) is 17.6 Å². The van der Waals surface area contributed by atoms with Crippen LogP contribution in [-0.2, 0) is 0 Å². The maximum absolute atomic E-state index is 5.93. The Morgan fingerprint density at radius 2 is 2.06 bits per heavy atom. The highest BCUT2D eigenvalue weighted by Crippen LogP contribution is 2.28. The van der Waals surface area contributed by atoms with Gasteiger partial charge in [0, 0.05) is 11.0 Å². The van der Waals surface area contributed by atoms with Crippen molar-refractivity contribution in [3.05, 3.63) is 22.7 Å². The standard InChI is InChI=1S/C14H21BrN2/c15-12-7-8-14(13(16)10-12)17-9-3-6-11-4-1-2-5-11/h7-8,10-11,17H,1-6,9,16H2. The Morgan fingerprint density at radius 3 is 2.76 bits per heavy atom. The second-order valence-corrected chi connectivity index (χ2v) is 5.87. The number of nitrogens with one attached hydrogen (secondary N) is 1. The Hall–Kier alpha value is -0.700. The molecule has 0 amide bonds. The van der Waals surface area contributed by atoms with Crippen LogP contribution in [0.25, 0.3) is 0 Å². The zero-order valence-electron chi connectivity index (χ0n) is 10.2. The minimum absolute atomic E-state index is 0.820. The third-order valence-corrected chi connectivity index (χ3v) is 4.09. The number of hydrogen-bond acceptors (Lipinski definition) is 2. The van der Waals surface area contributed by atoms with Crippen molar-refractivity contribution in [2.24, 2.45) is 5.92 Å². The van der Waals surface area contributed by atoms with Crippen molar-refractivity contribution >= 4 is 27.3 Å². The van der Waals surface area contributed by atoms with Gasteiger partial charge in [-0.15, -0.1) is 0 Å². The first-order valence-corrected chi connectivity index (χ1v) is 7.34. The first-order chi connectivity index (χ1) is 8.25. The van der Waals surface area contributed by atoms with Crippen LogP contribution in [-0.4, -0.2) is 6.54 Å². The van der Waals surface area contributed by atoms with Crippen LogP contribution < -0.4 is 11.1 Å². The molecule has 0 bridgehead atoms. The molecule has 0 radical (unpaired) electrons. The topological polar surface area (TPSA) is 38.0 Å². The molecule has 94 valence electrons. The van der Waals surface area contributed by atoms with Crippen LogP contribution in [0.15, 0.2) is 22.7 Å². The third kappa shape index (κ3) is 3.91. The highest BCUT2D eigenvalue weighted by molar-refractivity contribution is 9.10. The van der Waals surface area contributed by atoms with Crippen LogP contribution in [0.3, 0.4) is 0 Å². The lowest BCUT2D eigenvalue weighted by Crippen LogP contribution is -2.06. The monoisotopic (exact) mass is 296 g/mol. The quantitative estimate of drug-likeness (QED) is 0.624. The molecular formula is C14H21BrN2. The fourth-order valence-corrected chi connectivity index (χ4v) is 2.99. The van der Waals surface area contributed by atoms with E-state index in [9.17, 15) is 0 Å². The summed E-state index contributed by atoms with van der Waals surface area (Å²) in [6.07, 6.45) is 8.39. The number of rotatable bonds is 5. The Bertz CT molecular complexity index is 359. The summed E-state index contributed by atoms with van der Waals surface area (Å²) < 4.78 is 1.03. The Labute approximate surface area is 112 Å². The van der Waals surface area contributed by atoms with Gasteiger partial charge in [0.25, 0.3) is 0 Å². The maximum atomic E-state index is 5.93. The minimum atomic E-state index is 0.820. The predicted molar refractivity (Wildman–Crippen MR) is 78.2 cm³/mol. The second kappa shape index (κ2) is 6.29. The summed E-state index contributed by atoms with van der Waals surface area (Å²) in [6, 6.07) is 6.00. The van der Waals surface area contributed by atoms with Gasteiger partial charge in [-0.25, -0.2) is 0 Å². The van der Waals surface area contributed by atoms with Crippen molar-refractivity contribution in [3.8, 4) is 0 Å². The zero-order chi connectivity index (χ0) is 12.1. The van der Waals surface area contributed by atoms with Crippen molar-refractivity contribution in [1.29, 1.82) is 0 Å². The molecule has 1 fully saturated rings. The van der Waals surface area contributed by atoms with E-state index in [1.54, 1.807) is 0 Å². The van der Waals surface area contributed by atoms with E-state index in [0.717, 1.165) is 28.3 Å². The molecule has 0 aromatic heterocycles. The summed E-state index contributed by atoms with van der Waals surface area (Å²) in [7, 11) is 0. The van der Waals surface area contributed by atoms with Crippen molar-refractivity contribution in [2.45, 2.75) is 38.5 Å². The van der Waals surface area contributed by atoms with Crippen LogP contribution >= 0.6 is 15.9 Å². The first kappa shape index (κ1) is 12.7. The molecule has 1 aromatic rings. The molecular weight excluding hydrogens is 276 g/mol. The average molecular weight is 297 g/mol. The van der Waals surface area contributed by atoms with Crippen LogP contribution in [0.2, 0.25) is 0 Å². The lowest BCUT2D eigenvalue weighted by Gasteiger charge is -2.11. The third-order valence-electron chi connectivity index (χ3n) is 3.59. The van der Waals surface area contributed by atoms with Gasteiger partial charge in [0.1, 0.15) is 0 Å². The van der Waals surface area contributed by atoms with Crippen molar-refractivity contribution < 1.29 is 0 Å². The van der Waals surface area contributed by atoms with Gasteiger partial charge < -0.3 is 11.1 Å². The molecule has 1 aliphatic rings. The van der Waals surface area contributed by atoms with Gasteiger partial charge >= 0.3 is 0 Å². The van der Waals surface area contributed by atoms with Gasteiger partial charge in [0.15, 0.2) is 0 Å². The number of hydrogen-bond donors (Lipinski definition) is 2. The molecule has 3 N–H and O–H groups in total. The van der Waals surface area contributed by atoms with E-state index in [4.69, 9.17) is 5.73 Å². The normalized spacial score (nSPS) is 16.3. The van der Waals surface area contributed by atoms with E-state index >= 15 is 0 Å².